The number of fused-ring (bicyclic) bond motifs is 1. The average Bonchev–Trinajstić information content (AvgIpc) is 3.17. The lowest BCUT2D eigenvalue weighted by atomic mass is 9.83. The zero-order valence-electron chi connectivity index (χ0n) is 18.7. The van der Waals surface area contributed by atoms with Crippen molar-refractivity contribution in [3.05, 3.63) is 22.6 Å². The standard InChI is InChI=1S/C23H34N6O/c1-16-14-29(17(2)13-28(16)18(3)19-8-6-5-7-9-19)20-12-22(30)26(4)21-15-27(11-10-24)25-23(20)21/h12,15-19H,5-9,11,13-14H2,1-4H3/t16-,17+,18?/m1/s1. The Morgan fingerprint density at radius 3 is 2.63 bits per heavy atom. The van der Waals surface area contributed by atoms with Crippen molar-refractivity contribution >= 4 is 16.7 Å². The topological polar surface area (TPSA) is 70.1 Å². The van der Waals surface area contributed by atoms with E-state index in [9.17, 15) is 4.79 Å². The van der Waals surface area contributed by atoms with Crippen LogP contribution in [-0.2, 0) is 13.6 Å². The number of hydrogen-bond acceptors (Lipinski definition) is 5. The summed E-state index contributed by atoms with van der Waals surface area (Å²) in [6, 6.07) is 5.16. The lowest BCUT2D eigenvalue weighted by Gasteiger charge is -2.49. The molecule has 7 nitrogen and oxygen atoms in total. The lowest BCUT2D eigenvalue weighted by molar-refractivity contribution is 0.0704. The zero-order valence-corrected chi connectivity index (χ0v) is 18.7. The molecule has 0 radical (unpaired) electrons. The van der Waals surface area contributed by atoms with Gasteiger partial charge in [0.05, 0.1) is 23.5 Å². The van der Waals surface area contributed by atoms with E-state index in [0.29, 0.717) is 18.1 Å². The molecule has 3 heterocycles. The number of rotatable bonds is 4. The summed E-state index contributed by atoms with van der Waals surface area (Å²) in [6.45, 7) is 9.03. The van der Waals surface area contributed by atoms with E-state index >= 15 is 0 Å². The molecule has 30 heavy (non-hydrogen) atoms. The van der Waals surface area contributed by atoms with E-state index in [-0.39, 0.29) is 12.1 Å². The number of anilines is 1. The van der Waals surface area contributed by atoms with Crippen molar-refractivity contribution in [2.45, 2.75) is 77.5 Å². The van der Waals surface area contributed by atoms with Gasteiger partial charge in [-0.3, -0.25) is 14.4 Å². The Hall–Kier alpha value is -2.33. The number of pyridine rings is 1. The molecule has 162 valence electrons. The molecule has 0 N–H and O–H groups in total. The SMILES string of the molecule is CC(C1CCCCC1)N1C[C@H](C)N(c2cc(=O)n(C)c3cn(CC#N)nc23)C[C@H]1C. The average molecular weight is 411 g/mol. The maximum atomic E-state index is 12.7. The predicted octanol–water partition coefficient (Wildman–Crippen LogP) is 3.13. The van der Waals surface area contributed by atoms with Crippen molar-refractivity contribution in [2.24, 2.45) is 13.0 Å². The van der Waals surface area contributed by atoms with Crippen LogP contribution in [0.5, 0.6) is 0 Å². The van der Waals surface area contributed by atoms with E-state index in [2.05, 4.69) is 41.7 Å². The van der Waals surface area contributed by atoms with Gasteiger partial charge >= 0.3 is 0 Å². The van der Waals surface area contributed by atoms with Crippen LogP contribution in [0.4, 0.5) is 5.69 Å². The Balaban J connectivity index is 1.62. The van der Waals surface area contributed by atoms with E-state index in [1.165, 1.54) is 32.1 Å². The quantitative estimate of drug-likeness (QED) is 0.774. The summed E-state index contributed by atoms with van der Waals surface area (Å²) in [5, 5.41) is 13.7. The highest BCUT2D eigenvalue weighted by molar-refractivity contribution is 5.88. The van der Waals surface area contributed by atoms with Crippen LogP contribution in [0.15, 0.2) is 17.1 Å². The normalized spacial score (nSPS) is 24.8. The smallest absolute Gasteiger partial charge is 0.252 e. The van der Waals surface area contributed by atoms with Gasteiger partial charge in [0.15, 0.2) is 0 Å². The summed E-state index contributed by atoms with van der Waals surface area (Å²) in [5.41, 5.74) is 2.45. The number of nitriles is 1. The summed E-state index contributed by atoms with van der Waals surface area (Å²) >= 11 is 0. The molecule has 1 saturated heterocycles. The summed E-state index contributed by atoms with van der Waals surface area (Å²) in [5.74, 6) is 0.803. The second-order valence-electron chi connectivity index (χ2n) is 9.33. The first-order valence-electron chi connectivity index (χ1n) is 11.4. The molecule has 1 aliphatic heterocycles. The number of hydrogen-bond donors (Lipinski definition) is 0. The summed E-state index contributed by atoms with van der Waals surface area (Å²) in [6.07, 6.45) is 8.65. The number of piperazine rings is 1. The van der Waals surface area contributed by atoms with Crippen LogP contribution < -0.4 is 10.5 Å². The van der Waals surface area contributed by atoms with Gasteiger partial charge in [-0.1, -0.05) is 19.3 Å². The third-order valence-electron chi connectivity index (χ3n) is 7.37. The molecule has 2 aromatic heterocycles. The monoisotopic (exact) mass is 410 g/mol. The highest BCUT2D eigenvalue weighted by Crippen LogP contribution is 2.33. The van der Waals surface area contributed by atoms with E-state index in [4.69, 9.17) is 5.26 Å². The number of aromatic nitrogens is 3. The van der Waals surface area contributed by atoms with Gasteiger partial charge in [0.2, 0.25) is 0 Å². The highest BCUT2D eigenvalue weighted by atomic mass is 16.1. The fourth-order valence-corrected chi connectivity index (χ4v) is 5.56. The van der Waals surface area contributed by atoms with Gasteiger partial charge in [-0.05, 0) is 39.5 Å². The van der Waals surface area contributed by atoms with Gasteiger partial charge in [0.1, 0.15) is 12.1 Å². The molecule has 7 heteroatoms. The minimum absolute atomic E-state index is 0.0353. The van der Waals surface area contributed by atoms with Crippen LogP contribution >= 0.6 is 0 Å². The second kappa shape index (κ2) is 8.43. The maximum absolute atomic E-state index is 12.7. The minimum Gasteiger partial charge on any atom is -0.364 e. The van der Waals surface area contributed by atoms with Crippen molar-refractivity contribution < 1.29 is 0 Å². The molecule has 1 unspecified atom stereocenters. The van der Waals surface area contributed by atoms with Crippen LogP contribution in [0.25, 0.3) is 11.0 Å². The number of aryl methyl sites for hydroxylation is 1. The Kier molecular flexibility index (Phi) is 5.88. The van der Waals surface area contributed by atoms with E-state index < -0.39 is 0 Å². The summed E-state index contributed by atoms with van der Waals surface area (Å²) in [7, 11) is 1.77. The van der Waals surface area contributed by atoms with Gasteiger partial charge < -0.3 is 9.47 Å². The molecule has 2 fully saturated rings. The van der Waals surface area contributed by atoms with Gasteiger partial charge in [-0.15, -0.1) is 0 Å². The largest absolute Gasteiger partial charge is 0.364 e. The van der Waals surface area contributed by atoms with Gasteiger partial charge in [0.25, 0.3) is 5.56 Å². The van der Waals surface area contributed by atoms with Gasteiger partial charge in [-0.25, -0.2) is 0 Å². The summed E-state index contributed by atoms with van der Waals surface area (Å²) < 4.78 is 3.25. The molecule has 0 bridgehead atoms. The van der Waals surface area contributed by atoms with E-state index in [0.717, 1.165) is 35.7 Å². The molecule has 0 aromatic carbocycles. The van der Waals surface area contributed by atoms with Gasteiger partial charge in [0, 0.05) is 44.3 Å². The molecule has 0 amide bonds. The zero-order chi connectivity index (χ0) is 21.4. The fraction of sp³-hybridized carbons (Fsp3) is 0.696. The Morgan fingerprint density at radius 1 is 1.20 bits per heavy atom. The number of nitrogens with zero attached hydrogens (tertiary/aromatic N) is 6. The van der Waals surface area contributed by atoms with Crippen molar-refractivity contribution in [3.8, 4) is 6.07 Å². The Morgan fingerprint density at radius 2 is 1.93 bits per heavy atom. The van der Waals surface area contributed by atoms with Crippen LogP contribution in [0, 0.1) is 17.2 Å². The first-order chi connectivity index (χ1) is 14.4. The fourth-order valence-electron chi connectivity index (χ4n) is 5.56. The molecule has 0 spiro atoms. The lowest BCUT2D eigenvalue weighted by Crippen LogP contribution is -2.60. The van der Waals surface area contributed by atoms with E-state index in [1.54, 1.807) is 28.6 Å². The van der Waals surface area contributed by atoms with Crippen molar-refractivity contribution in [2.75, 3.05) is 18.0 Å². The third kappa shape index (κ3) is 3.74. The van der Waals surface area contributed by atoms with Crippen LogP contribution in [0.1, 0.15) is 52.9 Å². The van der Waals surface area contributed by atoms with Crippen molar-refractivity contribution in [1.82, 2.24) is 19.2 Å². The molecule has 4 rings (SSSR count). The maximum Gasteiger partial charge on any atom is 0.252 e. The van der Waals surface area contributed by atoms with Crippen LogP contribution in [0.3, 0.4) is 0 Å². The second-order valence-corrected chi connectivity index (χ2v) is 9.33. The van der Waals surface area contributed by atoms with Crippen LogP contribution in [-0.4, -0.2) is 50.5 Å². The molecule has 2 aromatic rings. The third-order valence-corrected chi connectivity index (χ3v) is 7.37. The highest BCUT2D eigenvalue weighted by Gasteiger charge is 2.36. The first kappa shape index (κ1) is 20.9. The Bertz CT molecular complexity index is 996. The van der Waals surface area contributed by atoms with Crippen molar-refractivity contribution in [1.29, 1.82) is 5.26 Å². The molecule has 2 aliphatic rings. The molecule has 1 saturated carbocycles. The Labute approximate surface area is 178 Å². The summed E-state index contributed by atoms with van der Waals surface area (Å²) in [4.78, 5) is 17.7. The molecule has 3 atom stereocenters. The van der Waals surface area contributed by atoms with Crippen LogP contribution in [0.2, 0.25) is 0 Å². The van der Waals surface area contributed by atoms with E-state index in [1.807, 2.05) is 0 Å². The first-order valence-corrected chi connectivity index (χ1v) is 11.4. The molecular weight excluding hydrogens is 376 g/mol. The van der Waals surface area contributed by atoms with Gasteiger partial charge in [-0.2, -0.15) is 10.4 Å². The van der Waals surface area contributed by atoms with Crippen molar-refractivity contribution in [3.63, 3.8) is 0 Å². The molecular formula is C23H34N6O. The minimum atomic E-state index is -0.0353. The predicted molar refractivity (Wildman–Crippen MR) is 120 cm³/mol. The molecule has 1 aliphatic carbocycles.